The van der Waals surface area contributed by atoms with Crippen molar-refractivity contribution >= 4 is 11.8 Å². The summed E-state index contributed by atoms with van der Waals surface area (Å²) < 4.78 is 0. The van der Waals surface area contributed by atoms with Gasteiger partial charge in [-0.2, -0.15) is 11.8 Å². The quantitative estimate of drug-likeness (QED) is 0.705. The molecule has 12 heavy (non-hydrogen) atoms. The predicted molar refractivity (Wildman–Crippen MR) is 56.6 cm³/mol. The first kappa shape index (κ1) is 10.4. The van der Waals surface area contributed by atoms with E-state index in [1.807, 2.05) is 0 Å². The fourth-order valence-corrected chi connectivity index (χ4v) is 3.23. The number of rotatable bonds is 2. The Morgan fingerprint density at radius 3 is 2.33 bits per heavy atom. The van der Waals surface area contributed by atoms with E-state index < -0.39 is 0 Å². The van der Waals surface area contributed by atoms with Crippen LogP contribution in [0.15, 0.2) is 0 Å². The van der Waals surface area contributed by atoms with Gasteiger partial charge in [-0.05, 0) is 6.92 Å². The van der Waals surface area contributed by atoms with Crippen LogP contribution < -0.4 is 5.73 Å². The maximum absolute atomic E-state index is 5.77. The number of thioether (sulfide) groups is 1. The van der Waals surface area contributed by atoms with Crippen LogP contribution in [0.2, 0.25) is 0 Å². The Balaban J connectivity index is 2.34. The van der Waals surface area contributed by atoms with Gasteiger partial charge in [0.25, 0.3) is 0 Å². The summed E-state index contributed by atoms with van der Waals surface area (Å²) in [7, 11) is 0. The van der Waals surface area contributed by atoms with Gasteiger partial charge < -0.3 is 5.73 Å². The summed E-state index contributed by atoms with van der Waals surface area (Å²) in [6.07, 6.45) is 0. The van der Waals surface area contributed by atoms with Crippen LogP contribution in [-0.4, -0.2) is 41.1 Å². The summed E-state index contributed by atoms with van der Waals surface area (Å²) >= 11 is 2.09. The van der Waals surface area contributed by atoms with Gasteiger partial charge in [0.2, 0.25) is 0 Å². The van der Waals surface area contributed by atoms with Gasteiger partial charge in [0.1, 0.15) is 0 Å². The zero-order valence-electron chi connectivity index (χ0n) is 8.29. The van der Waals surface area contributed by atoms with Crippen molar-refractivity contribution in [3.8, 4) is 0 Å². The molecule has 0 radical (unpaired) electrons. The highest BCUT2D eigenvalue weighted by Crippen LogP contribution is 2.24. The van der Waals surface area contributed by atoms with E-state index in [1.165, 1.54) is 13.1 Å². The number of hydrogen-bond donors (Lipinski definition) is 1. The second-order valence-corrected chi connectivity index (χ2v) is 5.83. The molecule has 1 heterocycles. The molecule has 1 aliphatic rings. The molecule has 0 spiro atoms. The second kappa shape index (κ2) is 4.49. The molecule has 1 aliphatic heterocycles. The third kappa shape index (κ3) is 3.33. The van der Waals surface area contributed by atoms with Crippen molar-refractivity contribution in [1.29, 1.82) is 0 Å². The van der Waals surface area contributed by atoms with Crippen LogP contribution in [0.5, 0.6) is 0 Å². The van der Waals surface area contributed by atoms with Gasteiger partial charge in [-0.1, -0.05) is 13.8 Å². The van der Waals surface area contributed by atoms with Crippen LogP contribution >= 0.6 is 11.8 Å². The Labute approximate surface area is 79.9 Å². The summed E-state index contributed by atoms with van der Waals surface area (Å²) in [6.45, 7) is 10.1. The summed E-state index contributed by atoms with van der Waals surface area (Å²) in [6, 6.07) is 0.312. The van der Waals surface area contributed by atoms with E-state index in [0.29, 0.717) is 6.04 Å². The lowest BCUT2D eigenvalue weighted by Gasteiger charge is -2.35. The van der Waals surface area contributed by atoms with Gasteiger partial charge in [0, 0.05) is 36.2 Å². The van der Waals surface area contributed by atoms with Crippen molar-refractivity contribution < 1.29 is 0 Å². The molecular formula is C9H20N2S. The topological polar surface area (TPSA) is 29.3 Å². The van der Waals surface area contributed by atoms with Crippen LogP contribution in [0.1, 0.15) is 20.8 Å². The van der Waals surface area contributed by atoms with Crippen molar-refractivity contribution in [1.82, 2.24) is 4.90 Å². The van der Waals surface area contributed by atoms with E-state index >= 15 is 0 Å². The first-order valence-electron chi connectivity index (χ1n) is 4.71. The molecule has 72 valence electrons. The summed E-state index contributed by atoms with van der Waals surface area (Å²) in [5.74, 6) is 0. The van der Waals surface area contributed by atoms with Crippen LogP contribution in [0.4, 0.5) is 0 Å². The minimum absolute atomic E-state index is 0.312. The molecule has 1 rings (SSSR count). The molecule has 2 nitrogen and oxygen atoms in total. The Hall–Kier alpha value is 0.270. The maximum Gasteiger partial charge on any atom is 0.0149 e. The average molecular weight is 188 g/mol. The van der Waals surface area contributed by atoms with E-state index in [9.17, 15) is 0 Å². The Morgan fingerprint density at radius 2 is 1.92 bits per heavy atom. The predicted octanol–water partition coefficient (Wildman–Crippen LogP) is 1.16. The molecule has 0 aromatic rings. The molecule has 3 atom stereocenters. The molecule has 0 aromatic carbocycles. The van der Waals surface area contributed by atoms with Crippen molar-refractivity contribution in [3.63, 3.8) is 0 Å². The fraction of sp³-hybridized carbons (Fsp3) is 1.00. The highest BCUT2D eigenvalue weighted by Gasteiger charge is 2.22. The number of nitrogens with zero attached hydrogens (tertiary/aromatic N) is 1. The van der Waals surface area contributed by atoms with E-state index in [2.05, 4.69) is 37.4 Å². The molecule has 1 fully saturated rings. The summed E-state index contributed by atoms with van der Waals surface area (Å²) in [5, 5.41) is 1.54. The SMILES string of the molecule is CC(N)CN1CC(C)SC(C)C1. The lowest BCUT2D eigenvalue weighted by atomic mass is 10.2. The zero-order valence-corrected chi connectivity index (χ0v) is 9.10. The minimum Gasteiger partial charge on any atom is -0.327 e. The number of nitrogens with two attached hydrogens (primary N) is 1. The third-order valence-electron chi connectivity index (χ3n) is 2.04. The molecule has 0 amide bonds. The van der Waals surface area contributed by atoms with Crippen LogP contribution in [0, 0.1) is 0 Å². The van der Waals surface area contributed by atoms with E-state index in [-0.39, 0.29) is 0 Å². The van der Waals surface area contributed by atoms with Gasteiger partial charge in [-0.15, -0.1) is 0 Å². The molecule has 2 N–H and O–H groups in total. The van der Waals surface area contributed by atoms with Crippen LogP contribution in [-0.2, 0) is 0 Å². The Morgan fingerprint density at radius 1 is 1.42 bits per heavy atom. The molecule has 0 aromatic heterocycles. The van der Waals surface area contributed by atoms with Gasteiger partial charge >= 0.3 is 0 Å². The standard InChI is InChI=1S/C9H20N2S/c1-7(10)4-11-5-8(2)12-9(3)6-11/h7-9H,4-6,10H2,1-3H3. The number of hydrogen-bond acceptors (Lipinski definition) is 3. The average Bonchev–Trinajstić information content (AvgIpc) is 1.81. The summed E-state index contributed by atoms with van der Waals surface area (Å²) in [4.78, 5) is 2.48. The van der Waals surface area contributed by atoms with Crippen molar-refractivity contribution in [2.24, 2.45) is 5.73 Å². The molecule has 1 saturated heterocycles. The van der Waals surface area contributed by atoms with E-state index in [0.717, 1.165) is 17.0 Å². The Kier molecular flexibility index (Phi) is 3.87. The van der Waals surface area contributed by atoms with Gasteiger partial charge in [0.15, 0.2) is 0 Å². The highest BCUT2D eigenvalue weighted by molar-refractivity contribution is 8.00. The highest BCUT2D eigenvalue weighted by atomic mass is 32.2. The lowest BCUT2D eigenvalue weighted by molar-refractivity contribution is 0.259. The minimum atomic E-state index is 0.312. The van der Waals surface area contributed by atoms with Crippen molar-refractivity contribution in [3.05, 3.63) is 0 Å². The van der Waals surface area contributed by atoms with Gasteiger partial charge in [-0.3, -0.25) is 4.90 Å². The van der Waals surface area contributed by atoms with Crippen molar-refractivity contribution in [2.75, 3.05) is 19.6 Å². The fourth-order valence-electron chi connectivity index (χ4n) is 1.84. The molecule has 3 heteroatoms. The molecule has 3 unspecified atom stereocenters. The zero-order chi connectivity index (χ0) is 9.14. The third-order valence-corrected chi connectivity index (χ3v) is 3.27. The van der Waals surface area contributed by atoms with Crippen LogP contribution in [0.3, 0.4) is 0 Å². The van der Waals surface area contributed by atoms with Gasteiger partial charge in [0.05, 0.1) is 0 Å². The molecule has 0 aliphatic carbocycles. The second-order valence-electron chi connectivity index (χ2n) is 3.95. The summed E-state index contributed by atoms with van der Waals surface area (Å²) in [5.41, 5.74) is 5.77. The molecule has 0 saturated carbocycles. The maximum atomic E-state index is 5.77. The normalized spacial score (nSPS) is 35.0. The smallest absolute Gasteiger partial charge is 0.0149 e. The first-order valence-corrected chi connectivity index (χ1v) is 5.65. The first-order chi connectivity index (χ1) is 5.58. The van der Waals surface area contributed by atoms with Gasteiger partial charge in [-0.25, -0.2) is 0 Å². The monoisotopic (exact) mass is 188 g/mol. The van der Waals surface area contributed by atoms with E-state index in [4.69, 9.17) is 5.73 Å². The molecular weight excluding hydrogens is 168 g/mol. The van der Waals surface area contributed by atoms with E-state index in [1.54, 1.807) is 0 Å². The molecule has 0 bridgehead atoms. The lowest BCUT2D eigenvalue weighted by Crippen LogP contribution is -2.45. The Bertz CT molecular complexity index is 126. The van der Waals surface area contributed by atoms with Crippen LogP contribution in [0.25, 0.3) is 0 Å². The largest absolute Gasteiger partial charge is 0.327 e. The van der Waals surface area contributed by atoms with Crippen molar-refractivity contribution in [2.45, 2.75) is 37.3 Å².